The van der Waals surface area contributed by atoms with Crippen LogP contribution in [0.15, 0.2) is 30.5 Å². The lowest BCUT2D eigenvalue weighted by Gasteiger charge is -2.15. The van der Waals surface area contributed by atoms with Gasteiger partial charge in [0.15, 0.2) is 0 Å². The number of benzene rings is 1. The molecular formula is C15H18N6O3. The largest absolute Gasteiger partial charge is 0.508 e. The van der Waals surface area contributed by atoms with E-state index in [4.69, 9.17) is 11.5 Å². The summed E-state index contributed by atoms with van der Waals surface area (Å²) < 4.78 is 0. The van der Waals surface area contributed by atoms with Gasteiger partial charge in [0.2, 0.25) is 11.9 Å². The van der Waals surface area contributed by atoms with Crippen LogP contribution in [-0.2, 0) is 4.79 Å². The minimum atomic E-state index is -0.717. The smallest absolute Gasteiger partial charge is 0.254 e. The van der Waals surface area contributed by atoms with Crippen molar-refractivity contribution in [1.29, 1.82) is 0 Å². The number of hydrogen-bond donors (Lipinski definition) is 5. The number of nitrogens with two attached hydrogens (primary N) is 2. The Morgan fingerprint density at radius 1 is 1.33 bits per heavy atom. The van der Waals surface area contributed by atoms with Crippen molar-refractivity contribution < 1.29 is 14.7 Å². The summed E-state index contributed by atoms with van der Waals surface area (Å²) in [5, 5.41) is 15.2. The van der Waals surface area contributed by atoms with Gasteiger partial charge in [-0.3, -0.25) is 9.59 Å². The van der Waals surface area contributed by atoms with Crippen LogP contribution >= 0.6 is 0 Å². The van der Waals surface area contributed by atoms with Gasteiger partial charge in [-0.05, 0) is 18.6 Å². The van der Waals surface area contributed by atoms with Gasteiger partial charge in [-0.25, -0.2) is 4.98 Å². The number of phenols is 1. The van der Waals surface area contributed by atoms with Gasteiger partial charge in [-0.2, -0.15) is 4.98 Å². The average molecular weight is 330 g/mol. The van der Waals surface area contributed by atoms with Crippen LogP contribution in [0.5, 0.6) is 5.75 Å². The molecule has 9 nitrogen and oxygen atoms in total. The zero-order valence-electron chi connectivity index (χ0n) is 13.0. The van der Waals surface area contributed by atoms with E-state index in [-0.39, 0.29) is 23.1 Å². The molecule has 1 heterocycles. The first-order valence-corrected chi connectivity index (χ1v) is 7.19. The van der Waals surface area contributed by atoms with E-state index in [0.29, 0.717) is 12.1 Å². The SMILES string of the molecule is CC[C@@H](Nc1ncc(C(N)=O)c(Nc2cccc(O)c2)n1)C(N)=O. The molecule has 2 amide bonds. The van der Waals surface area contributed by atoms with Crippen molar-refractivity contribution in [3.8, 4) is 5.75 Å². The normalized spacial score (nSPS) is 11.5. The molecular weight excluding hydrogens is 312 g/mol. The van der Waals surface area contributed by atoms with Gasteiger partial charge in [0.05, 0.1) is 0 Å². The molecule has 0 radical (unpaired) electrons. The number of phenolic OH excluding ortho intramolecular Hbond substituents is 1. The van der Waals surface area contributed by atoms with Crippen molar-refractivity contribution in [3.05, 3.63) is 36.0 Å². The first-order valence-electron chi connectivity index (χ1n) is 7.19. The van der Waals surface area contributed by atoms with Crippen molar-refractivity contribution in [2.24, 2.45) is 11.5 Å². The highest BCUT2D eigenvalue weighted by molar-refractivity contribution is 5.98. The number of carbonyl (C=O) groups excluding carboxylic acids is 2. The maximum Gasteiger partial charge on any atom is 0.254 e. The van der Waals surface area contributed by atoms with E-state index in [1.807, 2.05) is 0 Å². The molecule has 2 rings (SSSR count). The molecule has 9 heteroatoms. The Morgan fingerprint density at radius 2 is 2.08 bits per heavy atom. The first kappa shape index (κ1) is 17.0. The van der Waals surface area contributed by atoms with Crippen molar-refractivity contribution in [1.82, 2.24) is 9.97 Å². The number of carbonyl (C=O) groups is 2. The lowest BCUT2D eigenvalue weighted by Crippen LogP contribution is -2.35. The number of aromatic hydroxyl groups is 1. The summed E-state index contributed by atoms with van der Waals surface area (Å²) in [5.74, 6) is -0.945. The highest BCUT2D eigenvalue weighted by Gasteiger charge is 2.17. The molecule has 126 valence electrons. The summed E-state index contributed by atoms with van der Waals surface area (Å²) in [5.41, 5.74) is 11.2. The van der Waals surface area contributed by atoms with Crippen LogP contribution in [0, 0.1) is 0 Å². The molecule has 1 aromatic carbocycles. The maximum atomic E-state index is 11.5. The molecule has 2 aromatic rings. The summed E-state index contributed by atoms with van der Waals surface area (Å²) in [6, 6.07) is 5.63. The van der Waals surface area contributed by atoms with Crippen molar-refractivity contribution in [2.75, 3.05) is 10.6 Å². The minimum Gasteiger partial charge on any atom is -0.508 e. The maximum absolute atomic E-state index is 11.5. The topological polar surface area (TPSA) is 156 Å². The van der Waals surface area contributed by atoms with Crippen LogP contribution in [0.2, 0.25) is 0 Å². The number of nitrogens with zero attached hydrogens (tertiary/aromatic N) is 2. The Balaban J connectivity index is 2.34. The van der Waals surface area contributed by atoms with E-state index in [1.165, 1.54) is 18.3 Å². The molecule has 0 saturated heterocycles. The molecule has 0 saturated carbocycles. The van der Waals surface area contributed by atoms with Crippen LogP contribution in [0.3, 0.4) is 0 Å². The first-order chi connectivity index (χ1) is 11.4. The number of amides is 2. The Bertz CT molecular complexity index is 765. The fraction of sp³-hybridized carbons (Fsp3) is 0.200. The van der Waals surface area contributed by atoms with E-state index in [1.54, 1.807) is 19.1 Å². The number of anilines is 3. The molecule has 0 fully saturated rings. The van der Waals surface area contributed by atoms with Crippen LogP contribution in [0.25, 0.3) is 0 Å². The van der Waals surface area contributed by atoms with Crippen LogP contribution in [0.1, 0.15) is 23.7 Å². The number of rotatable bonds is 7. The Morgan fingerprint density at radius 3 is 2.67 bits per heavy atom. The molecule has 0 aliphatic heterocycles. The molecule has 1 aromatic heterocycles. The van der Waals surface area contributed by atoms with Gasteiger partial charge >= 0.3 is 0 Å². The second-order valence-corrected chi connectivity index (χ2v) is 5.00. The minimum absolute atomic E-state index is 0.0489. The highest BCUT2D eigenvalue weighted by Crippen LogP contribution is 2.22. The zero-order valence-corrected chi connectivity index (χ0v) is 13.0. The summed E-state index contributed by atoms with van der Waals surface area (Å²) in [6.07, 6.45) is 1.70. The predicted octanol–water partition coefficient (Wildman–Crippen LogP) is 0.701. The predicted molar refractivity (Wildman–Crippen MR) is 88.8 cm³/mol. The number of nitrogens with one attached hydrogen (secondary N) is 2. The summed E-state index contributed by atoms with van der Waals surface area (Å²) >= 11 is 0. The average Bonchev–Trinajstić information content (AvgIpc) is 2.52. The standard InChI is InChI=1S/C15H18N6O3/c1-2-11(13(17)24)20-15-18-7-10(12(16)23)14(21-15)19-8-4-3-5-9(22)6-8/h3-7,11,22H,2H2,1H3,(H2,16,23)(H2,17,24)(H2,18,19,20,21)/t11-/m1/s1. The van der Waals surface area contributed by atoms with Gasteiger partial charge in [0, 0.05) is 18.0 Å². The van der Waals surface area contributed by atoms with Crippen LogP contribution in [-0.4, -0.2) is 32.9 Å². The highest BCUT2D eigenvalue weighted by atomic mass is 16.3. The lowest BCUT2D eigenvalue weighted by atomic mass is 10.2. The third-order valence-electron chi connectivity index (χ3n) is 3.22. The quantitative estimate of drug-likeness (QED) is 0.500. The fourth-order valence-corrected chi connectivity index (χ4v) is 1.98. The molecule has 0 unspecified atom stereocenters. The van der Waals surface area contributed by atoms with E-state index in [2.05, 4.69) is 20.6 Å². The number of primary amides is 2. The van der Waals surface area contributed by atoms with Gasteiger partial charge in [0.25, 0.3) is 5.91 Å². The van der Waals surface area contributed by atoms with E-state index >= 15 is 0 Å². The van der Waals surface area contributed by atoms with E-state index in [0.717, 1.165) is 0 Å². The Hall–Kier alpha value is -3.36. The second-order valence-electron chi connectivity index (χ2n) is 5.00. The lowest BCUT2D eigenvalue weighted by molar-refractivity contribution is -0.118. The fourth-order valence-electron chi connectivity index (χ4n) is 1.98. The van der Waals surface area contributed by atoms with Gasteiger partial charge in [-0.15, -0.1) is 0 Å². The second kappa shape index (κ2) is 7.27. The Labute approximate surface area is 138 Å². The molecule has 0 aliphatic carbocycles. The number of hydrogen-bond acceptors (Lipinski definition) is 7. The Kier molecular flexibility index (Phi) is 5.15. The molecule has 0 spiro atoms. The third-order valence-corrected chi connectivity index (χ3v) is 3.22. The van der Waals surface area contributed by atoms with Crippen molar-refractivity contribution in [3.63, 3.8) is 0 Å². The summed E-state index contributed by atoms with van der Waals surface area (Å²) in [6.45, 7) is 1.78. The molecule has 0 bridgehead atoms. The van der Waals surface area contributed by atoms with Gasteiger partial charge < -0.3 is 27.2 Å². The van der Waals surface area contributed by atoms with Crippen LogP contribution in [0.4, 0.5) is 17.5 Å². The summed E-state index contributed by atoms with van der Waals surface area (Å²) in [7, 11) is 0. The zero-order chi connectivity index (χ0) is 17.7. The van der Waals surface area contributed by atoms with E-state index < -0.39 is 17.9 Å². The molecule has 7 N–H and O–H groups in total. The van der Waals surface area contributed by atoms with Crippen LogP contribution < -0.4 is 22.1 Å². The van der Waals surface area contributed by atoms with E-state index in [9.17, 15) is 14.7 Å². The third kappa shape index (κ3) is 4.09. The van der Waals surface area contributed by atoms with Crippen molar-refractivity contribution in [2.45, 2.75) is 19.4 Å². The van der Waals surface area contributed by atoms with Gasteiger partial charge in [0.1, 0.15) is 23.2 Å². The number of aromatic nitrogens is 2. The molecule has 0 aliphatic rings. The molecule has 24 heavy (non-hydrogen) atoms. The monoisotopic (exact) mass is 330 g/mol. The summed E-state index contributed by atoms with van der Waals surface area (Å²) in [4.78, 5) is 31.0. The van der Waals surface area contributed by atoms with Gasteiger partial charge in [-0.1, -0.05) is 13.0 Å². The molecule has 1 atom stereocenters. The van der Waals surface area contributed by atoms with Crippen molar-refractivity contribution >= 4 is 29.3 Å².